The Kier molecular flexibility index (Phi) is 7.71. The molecule has 288 valence electrons. The molecule has 0 atom stereocenters. The van der Waals surface area contributed by atoms with E-state index in [9.17, 15) is 0 Å². The van der Waals surface area contributed by atoms with Crippen LogP contribution in [0.15, 0.2) is 144 Å². The van der Waals surface area contributed by atoms with Crippen molar-refractivity contribution in [1.29, 1.82) is 0 Å². The number of rotatable bonds is 7. The van der Waals surface area contributed by atoms with E-state index in [1.165, 1.54) is 103 Å². The van der Waals surface area contributed by atoms with Crippen LogP contribution in [0.4, 0.5) is 17.1 Å². The maximum atomic E-state index is 6.79. The number of para-hydroxylation sites is 2. The van der Waals surface area contributed by atoms with Crippen LogP contribution in [-0.2, 0) is 0 Å². The van der Waals surface area contributed by atoms with E-state index >= 15 is 0 Å². The predicted octanol–water partition coefficient (Wildman–Crippen LogP) is 15.5. The summed E-state index contributed by atoms with van der Waals surface area (Å²) < 4.78 is 6.79. The second kappa shape index (κ2) is 13.2. The maximum absolute atomic E-state index is 6.79. The molecule has 0 unspecified atom stereocenters. The van der Waals surface area contributed by atoms with Crippen LogP contribution in [0.3, 0.4) is 0 Å². The molecule has 6 aromatic carbocycles. The number of benzene rings is 6. The molecule has 15 rings (SSSR count). The fourth-order valence-corrected chi connectivity index (χ4v) is 14.8. The van der Waals surface area contributed by atoms with Gasteiger partial charge < -0.3 is 9.32 Å². The molecule has 8 aliphatic carbocycles. The Morgan fingerprint density at radius 2 is 0.983 bits per heavy atom. The van der Waals surface area contributed by atoms with E-state index in [0.717, 1.165) is 75.8 Å². The van der Waals surface area contributed by atoms with Crippen molar-refractivity contribution in [2.45, 2.75) is 76.0 Å². The number of nitrogens with zero attached hydrogens (tertiary/aromatic N) is 1. The van der Waals surface area contributed by atoms with E-state index in [0.29, 0.717) is 5.92 Å². The molecule has 0 saturated heterocycles. The quantitative estimate of drug-likeness (QED) is 0.161. The first-order valence-electron chi connectivity index (χ1n) is 22.8. The molecule has 8 fully saturated rings. The van der Waals surface area contributed by atoms with E-state index in [1.54, 1.807) is 11.1 Å². The van der Waals surface area contributed by atoms with Crippen molar-refractivity contribution < 1.29 is 4.42 Å². The van der Waals surface area contributed by atoms with Crippen molar-refractivity contribution in [1.82, 2.24) is 0 Å². The summed E-state index contributed by atoms with van der Waals surface area (Å²) in [5.74, 6) is 8.59. The highest BCUT2D eigenvalue weighted by Gasteiger charge is 2.50. The highest BCUT2D eigenvalue weighted by molar-refractivity contribution is 6.10. The molecular weight excluding hydrogens is 703 g/mol. The largest absolute Gasteiger partial charge is 0.454 e. The van der Waals surface area contributed by atoms with Gasteiger partial charge in [0.2, 0.25) is 0 Å². The van der Waals surface area contributed by atoms with Gasteiger partial charge in [-0.2, -0.15) is 0 Å². The van der Waals surface area contributed by atoms with Gasteiger partial charge >= 0.3 is 0 Å². The van der Waals surface area contributed by atoms with E-state index in [1.807, 2.05) is 0 Å². The molecule has 58 heavy (non-hydrogen) atoms. The summed E-state index contributed by atoms with van der Waals surface area (Å²) in [6, 6.07) is 52.8. The fourth-order valence-electron chi connectivity index (χ4n) is 14.8. The first kappa shape index (κ1) is 33.8. The number of fused-ring (bicyclic) bond motifs is 3. The minimum atomic E-state index is 0.608. The van der Waals surface area contributed by atoms with Crippen molar-refractivity contribution in [2.24, 2.45) is 47.3 Å². The lowest BCUT2D eigenvalue weighted by Crippen LogP contribution is -2.44. The van der Waals surface area contributed by atoms with Gasteiger partial charge in [0.05, 0.1) is 5.69 Å². The Morgan fingerprint density at radius 1 is 0.414 bits per heavy atom. The molecule has 0 aliphatic heterocycles. The lowest BCUT2D eigenvalue weighted by Gasteiger charge is -2.55. The van der Waals surface area contributed by atoms with Crippen LogP contribution in [0.5, 0.6) is 0 Å². The van der Waals surface area contributed by atoms with Gasteiger partial charge in [-0.3, -0.25) is 0 Å². The van der Waals surface area contributed by atoms with Crippen molar-refractivity contribution in [2.75, 3.05) is 4.90 Å². The van der Waals surface area contributed by atoms with Crippen molar-refractivity contribution in [3.63, 3.8) is 0 Å². The predicted molar refractivity (Wildman–Crippen MR) is 239 cm³/mol. The summed E-state index contributed by atoms with van der Waals surface area (Å²) in [5, 5.41) is 2.33. The molecule has 0 spiro atoms. The molecule has 2 nitrogen and oxygen atoms in total. The Balaban J connectivity index is 0.980. The molecule has 1 heterocycles. The van der Waals surface area contributed by atoms with Crippen molar-refractivity contribution >= 4 is 39.0 Å². The Morgan fingerprint density at radius 3 is 1.69 bits per heavy atom. The van der Waals surface area contributed by atoms with Gasteiger partial charge in [0.15, 0.2) is 5.58 Å². The van der Waals surface area contributed by atoms with Crippen LogP contribution in [-0.4, -0.2) is 0 Å². The maximum Gasteiger partial charge on any atom is 0.159 e. The topological polar surface area (TPSA) is 16.4 Å². The lowest BCUT2D eigenvalue weighted by molar-refractivity contribution is -0.00280. The van der Waals surface area contributed by atoms with Gasteiger partial charge in [0, 0.05) is 22.1 Å². The van der Waals surface area contributed by atoms with Gasteiger partial charge in [-0.05, 0) is 193 Å². The van der Waals surface area contributed by atoms with Crippen LogP contribution in [0.1, 0.15) is 87.2 Å². The third kappa shape index (κ3) is 5.43. The van der Waals surface area contributed by atoms with Gasteiger partial charge in [0.25, 0.3) is 0 Å². The molecule has 0 N–H and O–H groups in total. The normalized spacial score (nSPS) is 30.4. The van der Waals surface area contributed by atoms with Crippen molar-refractivity contribution in [3.8, 4) is 22.3 Å². The Hall–Kier alpha value is -5.08. The average molecular weight is 756 g/mol. The van der Waals surface area contributed by atoms with Gasteiger partial charge in [-0.15, -0.1) is 0 Å². The number of furan rings is 1. The zero-order valence-corrected chi connectivity index (χ0v) is 33.5. The average Bonchev–Trinajstić information content (AvgIpc) is 3.64. The van der Waals surface area contributed by atoms with Gasteiger partial charge in [-0.25, -0.2) is 0 Å². The van der Waals surface area contributed by atoms with Crippen LogP contribution >= 0.6 is 0 Å². The van der Waals surface area contributed by atoms with E-state index in [2.05, 4.69) is 144 Å². The minimum absolute atomic E-state index is 0.608. The first-order chi connectivity index (χ1) is 28.7. The smallest absolute Gasteiger partial charge is 0.159 e. The third-order valence-electron chi connectivity index (χ3n) is 16.5. The second-order valence-electron chi connectivity index (χ2n) is 19.8. The molecule has 1 aromatic heterocycles. The first-order valence-corrected chi connectivity index (χ1v) is 22.8. The van der Waals surface area contributed by atoms with Crippen LogP contribution < -0.4 is 4.90 Å². The standard InChI is InChI=1S/C56H53NO/c1-2-8-38(9-3-1)39-16-18-46(19-17-39)57(52-14-7-13-50-49-12-4-5-15-53(49)58-56(50)52)47-20-21-48(51(33-47)55-44-28-36-23-37(30-44)31-45(55)29-36)40-10-6-11-41(32-40)54-42-24-34-22-35(26-42)27-43(54)25-34/h1-21,32-37,42-45,54-55H,22-31H2. The summed E-state index contributed by atoms with van der Waals surface area (Å²) >= 11 is 0. The third-order valence-corrected chi connectivity index (χ3v) is 16.5. The van der Waals surface area contributed by atoms with E-state index in [4.69, 9.17) is 4.42 Å². The molecular formula is C56H53NO. The zero-order chi connectivity index (χ0) is 37.9. The molecule has 0 amide bonds. The second-order valence-corrected chi connectivity index (χ2v) is 19.8. The van der Waals surface area contributed by atoms with Gasteiger partial charge in [-0.1, -0.05) is 103 Å². The molecule has 0 radical (unpaired) electrons. The molecule has 8 bridgehead atoms. The highest BCUT2D eigenvalue weighted by Crippen LogP contribution is 2.62. The molecule has 2 heteroatoms. The van der Waals surface area contributed by atoms with Crippen LogP contribution in [0.25, 0.3) is 44.2 Å². The van der Waals surface area contributed by atoms with Gasteiger partial charge in [0.1, 0.15) is 5.58 Å². The number of hydrogen-bond donors (Lipinski definition) is 0. The summed E-state index contributed by atoms with van der Waals surface area (Å²) in [5.41, 5.74) is 14.0. The van der Waals surface area contributed by atoms with E-state index < -0.39 is 0 Å². The molecule has 7 aromatic rings. The minimum Gasteiger partial charge on any atom is -0.454 e. The SMILES string of the molecule is c1ccc(-c2ccc(N(c3ccc(-c4cccc(C5C6CC7CC(C6)CC5C7)c4)c(C4C5CC6CC(C5)CC4C6)c3)c3cccc4c3oc3ccccc34)cc2)cc1. The van der Waals surface area contributed by atoms with E-state index in [-0.39, 0.29) is 0 Å². The highest BCUT2D eigenvalue weighted by atomic mass is 16.3. The summed E-state index contributed by atoms with van der Waals surface area (Å²) in [7, 11) is 0. The summed E-state index contributed by atoms with van der Waals surface area (Å²) in [6.07, 6.45) is 14.5. The Labute approximate surface area is 343 Å². The van der Waals surface area contributed by atoms with Crippen LogP contribution in [0.2, 0.25) is 0 Å². The molecule has 8 aliphatic rings. The monoisotopic (exact) mass is 755 g/mol. The fraction of sp³-hybridized carbons (Fsp3) is 0.357. The summed E-state index contributed by atoms with van der Waals surface area (Å²) in [4.78, 5) is 2.49. The Bertz CT molecular complexity index is 2610. The van der Waals surface area contributed by atoms with Crippen molar-refractivity contribution in [3.05, 3.63) is 151 Å². The number of anilines is 3. The van der Waals surface area contributed by atoms with Crippen LogP contribution in [0, 0.1) is 47.3 Å². The summed E-state index contributed by atoms with van der Waals surface area (Å²) in [6.45, 7) is 0. The number of hydrogen-bond acceptors (Lipinski definition) is 2. The lowest BCUT2D eigenvalue weighted by atomic mass is 9.50. The molecule has 8 saturated carbocycles. The zero-order valence-electron chi connectivity index (χ0n) is 33.5.